The van der Waals surface area contributed by atoms with Gasteiger partial charge in [-0.3, -0.25) is 9.59 Å². The Kier molecular flexibility index (Phi) is 3.98. The van der Waals surface area contributed by atoms with Gasteiger partial charge in [0.1, 0.15) is 0 Å². The van der Waals surface area contributed by atoms with Crippen LogP contribution in [0.2, 0.25) is 0 Å². The largest absolute Gasteiger partial charge is 0.481 e. The Hall–Kier alpha value is -1.06. The van der Waals surface area contributed by atoms with Crippen LogP contribution < -0.4 is 5.32 Å². The maximum absolute atomic E-state index is 12.0. The van der Waals surface area contributed by atoms with Gasteiger partial charge in [0, 0.05) is 19.4 Å². The molecule has 1 amide bonds. The van der Waals surface area contributed by atoms with E-state index >= 15 is 0 Å². The Labute approximate surface area is 126 Å². The Bertz CT molecular complexity index is 396. The zero-order valence-electron chi connectivity index (χ0n) is 12.9. The minimum atomic E-state index is -0.823. The van der Waals surface area contributed by atoms with Crippen LogP contribution in [0, 0.1) is 29.1 Å². The Balaban J connectivity index is 1.49. The number of hydrogen-bond acceptors (Lipinski definition) is 2. The molecule has 1 unspecified atom stereocenters. The second kappa shape index (κ2) is 5.62. The Morgan fingerprint density at radius 2 is 1.62 bits per heavy atom. The maximum Gasteiger partial charge on any atom is 0.303 e. The van der Waals surface area contributed by atoms with Crippen molar-refractivity contribution >= 4 is 11.9 Å². The summed E-state index contributed by atoms with van der Waals surface area (Å²) in [6.45, 7) is 2.65. The molecule has 0 aliphatic heterocycles. The summed E-state index contributed by atoms with van der Waals surface area (Å²) < 4.78 is 0. The third-order valence-electron chi connectivity index (χ3n) is 5.88. The van der Waals surface area contributed by atoms with Gasteiger partial charge >= 0.3 is 5.97 Å². The summed E-state index contributed by atoms with van der Waals surface area (Å²) in [5, 5.41) is 11.9. The van der Waals surface area contributed by atoms with Gasteiger partial charge in [-0.1, -0.05) is 6.92 Å². The molecule has 1 atom stereocenters. The van der Waals surface area contributed by atoms with Crippen molar-refractivity contribution in [2.24, 2.45) is 29.1 Å². The van der Waals surface area contributed by atoms with E-state index in [0.717, 1.165) is 24.3 Å². The van der Waals surface area contributed by atoms with Gasteiger partial charge in [0.05, 0.1) is 0 Å². The highest BCUT2D eigenvalue weighted by molar-refractivity contribution is 5.77. The lowest BCUT2D eigenvalue weighted by molar-refractivity contribution is -0.138. The maximum atomic E-state index is 12.0. The molecule has 0 saturated heterocycles. The lowest BCUT2D eigenvalue weighted by Gasteiger charge is -2.56. The van der Waals surface area contributed by atoms with Gasteiger partial charge in [-0.2, -0.15) is 0 Å². The first-order valence-corrected chi connectivity index (χ1v) is 8.42. The molecule has 0 radical (unpaired) electrons. The number of nitrogens with one attached hydrogen (secondary N) is 1. The van der Waals surface area contributed by atoms with E-state index in [2.05, 4.69) is 5.32 Å². The zero-order valence-corrected chi connectivity index (χ0v) is 12.9. The molecule has 0 aromatic carbocycles. The molecule has 4 nitrogen and oxygen atoms in total. The number of carbonyl (C=O) groups is 2. The van der Waals surface area contributed by atoms with Gasteiger partial charge in [0.15, 0.2) is 0 Å². The second-order valence-corrected chi connectivity index (χ2v) is 8.10. The summed E-state index contributed by atoms with van der Waals surface area (Å²) in [5.41, 5.74) is 0.362. The number of carboxylic acids is 1. The number of hydrogen-bond donors (Lipinski definition) is 2. The predicted octanol–water partition coefficient (Wildman–Crippen LogP) is 2.82. The lowest BCUT2D eigenvalue weighted by Crippen LogP contribution is -2.51. The number of carboxylic acid groups (broad SMARTS) is 1. The van der Waals surface area contributed by atoms with Crippen molar-refractivity contribution in [3.8, 4) is 0 Å². The molecule has 0 heterocycles. The van der Waals surface area contributed by atoms with E-state index in [-0.39, 0.29) is 18.2 Å². The van der Waals surface area contributed by atoms with Gasteiger partial charge in [0.25, 0.3) is 0 Å². The van der Waals surface area contributed by atoms with Crippen LogP contribution in [0.1, 0.15) is 58.3 Å². The molecule has 4 heteroatoms. The van der Waals surface area contributed by atoms with Crippen LogP contribution >= 0.6 is 0 Å². The third kappa shape index (κ3) is 3.41. The van der Waals surface area contributed by atoms with Crippen LogP contribution in [0.25, 0.3) is 0 Å². The molecule has 2 N–H and O–H groups in total. The molecular weight excluding hydrogens is 266 g/mol. The first kappa shape index (κ1) is 14.9. The van der Waals surface area contributed by atoms with E-state index in [1.807, 2.05) is 6.92 Å². The first-order chi connectivity index (χ1) is 9.94. The first-order valence-electron chi connectivity index (χ1n) is 8.42. The highest BCUT2D eigenvalue weighted by atomic mass is 16.4. The predicted molar refractivity (Wildman–Crippen MR) is 79.6 cm³/mol. The summed E-state index contributed by atoms with van der Waals surface area (Å²) in [4.78, 5) is 22.7. The zero-order chi connectivity index (χ0) is 15.0. The van der Waals surface area contributed by atoms with Gasteiger partial charge in [-0.05, 0) is 67.6 Å². The molecule has 21 heavy (non-hydrogen) atoms. The molecule has 0 aromatic rings. The Morgan fingerprint density at radius 3 is 2.10 bits per heavy atom. The molecule has 4 fully saturated rings. The molecule has 4 saturated carbocycles. The quantitative estimate of drug-likeness (QED) is 0.791. The number of rotatable bonds is 6. The van der Waals surface area contributed by atoms with Crippen molar-refractivity contribution in [2.45, 2.75) is 58.3 Å². The summed E-state index contributed by atoms with van der Waals surface area (Å²) in [6, 6.07) is 0. The van der Waals surface area contributed by atoms with Gasteiger partial charge in [-0.15, -0.1) is 0 Å². The minimum Gasteiger partial charge on any atom is -0.481 e. The van der Waals surface area contributed by atoms with Crippen LogP contribution in [-0.4, -0.2) is 23.5 Å². The van der Waals surface area contributed by atoms with E-state index in [9.17, 15) is 9.59 Å². The van der Waals surface area contributed by atoms with Crippen molar-refractivity contribution < 1.29 is 14.7 Å². The number of carbonyl (C=O) groups excluding carboxylic acids is 1. The van der Waals surface area contributed by atoms with Gasteiger partial charge < -0.3 is 10.4 Å². The van der Waals surface area contributed by atoms with Crippen LogP contribution in [0.15, 0.2) is 0 Å². The van der Waals surface area contributed by atoms with Crippen LogP contribution in [0.3, 0.4) is 0 Å². The van der Waals surface area contributed by atoms with E-state index in [1.54, 1.807) is 0 Å². The molecule has 4 aliphatic rings. The van der Waals surface area contributed by atoms with Crippen molar-refractivity contribution in [1.29, 1.82) is 0 Å². The third-order valence-corrected chi connectivity index (χ3v) is 5.88. The van der Waals surface area contributed by atoms with Crippen molar-refractivity contribution in [3.63, 3.8) is 0 Å². The fourth-order valence-corrected chi connectivity index (χ4v) is 5.55. The monoisotopic (exact) mass is 293 g/mol. The molecule has 118 valence electrons. The summed E-state index contributed by atoms with van der Waals surface area (Å²) in [7, 11) is 0. The average Bonchev–Trinajstić information content (AvgIpc) is 2.33. The molecule has 0 spiro atoms. The van der Waals surface area contributed by atoms with Crippen molar-refractivity contribution in [3.05, 3.63) is 0 Å². The fourth-order valence-electron chi connectivity index (χ4n) is 5.55. The van der Waals surface area contributed by atoms with Crippen LogP contribution in [-0.2, 0) is 9.59 Å². The molecule has 4 bridgehead atoms. The summed E-state index contributed by atoms with van der Waals surface area (Å²) in [6.07, 6.45) is 8.55. The number of aliphatic carboxylic acids is 1. The van der Waals surface area contributed by atoms with Crippen molar-refractivity contribution in [2.75, 3.05) is 6.54 Å². The molecule has 0 aromatic heterocycles. The lowest BCUT2D eigenvalue weighted by atomic mass is 9.49. The number of amides is 1. The van der Waals surface area contributed by atoms with Crippen molar-refractivity contribution in [1.82, 2.24) is 5.32 Å². The van der Waals surface area contributed by atoms with E-state index in [0.29, 0.717) is 11.8 Å². The summed E-state index contributed by atoms with van der Waals surface area (Å²) in [5.74, 6) is 1.83. The topological polar surface area (TPSA) is 66.4 Å². The van der Waals surface area contributed by atoms with Gasteiger partial charge in [0.2, 0.25) is 5.91 Å². The van der Waals surface area contributed by atoms with Crippen LogP contribution in [0.4, 0.5) is 0 Å². The summed E-state index contributed by atoms with van der Waals surface area (Å²) >= 11 is 0. The second-order valence-electron chi connectivity index (χ2n) is 8.10. The molecule has 4 aliphatic carbocycles. The van der Waals surface area contributed by atoms with E-state index in [1.165, 1.54) is 38.5 Å². The molecular formula is C17H27NO3. The standard InChI is InChI=1S/C17H27NO3/c1-11(3-16(20)21)2-15(19)18-10-17-7-12-4-13(8-17)6-14(5-12)9-17/h11-14H,2-10H2,1H3,(H,18,19)(H,20,21). The smallest absolute Gasteiger partial charge is 0.303 e. The van der Waals surface area contributed by atoms with Crippen LogP contribution in [0.5, 0.6) is 0 Å². The molecule has 4 rings (SSSR count). The van der Waals surface area contributed by atoms with E-state index in [4.69, 9.17) is 5.11 Å². The highest BCUT2D eigenvalue weighted by Crippen LogP contribution is 2.59. The van der Waals surface area contributed by atoms with E-state index < -0.39 is 5.97 Å². The normalized spacial score (nSPS) is 38.2. The van der Waals surface area contributed by atoms with Gasteiger partial charge in [-0.25, -0.2) is 0 Å². The fraction of sp³-hybridized carbons (Fsp3) is 0.882. The average molecular weight is 293 g/mol. The SMILES string of the molecule is CC(CC(=O)O)CC(=O)NCC12CC3CC(CC(C3)C1)C2. The minimum absolute atomic E-state index is 0.0273. The highest BCUT2D eigenvalue weighted by Gasteiger charge is 2.50. The Morgan fingerprint density at radius 1 is 1.10 bits per heavy atom.